The van der Waals surface area contributed by atoms with Gasteiger partial charge in [0.15, 0.2) is 23.8 Å². The zero-order valence-electron chi connectivity index (χ0n) is 16.5. The molecule has 0 aliphatic heterocycles. The Balaban J connectivity index is 1.93. The molecular weight excluding hydrogens is 412 g/mol. The number of halogens is 1. The average Bonchev–Trinajstić information content (AvgIpc) is 2.77. The first-order chi connectivity index (χ1) is 14.5. The van der Waals surface area contributed by atoms with Crippen LogP contribution in [0.5, 0.6) is 17.2 Å². The third-order valence-corrected chi connectivity index (χ3v) is 4.51. The molecule has 0 bridgehead atoms. The summed E-state index contributed by atoms with van der Waals surface area (Å²) in [6, 6.07) is 11.5. The molecule has 8 nitrogen and oxygen atoms in total. The van der Waals surface area contributed by atoms with Crippen molar-refractivity contribution >= 4 is 40.1 Å². The monoisotopic (exact) mass is 430 g/mol. The number of para-hydroxylation sites is 1. The molecule has 1 heterocycles. The summed E-state index contributed by atoms with van der Waals surface area (Å²) in [5.41, 5.74) is 0.907. The minimum Gasteiger partial charge on any atom is -0.493 e. The fraction of sp³-hybridized carbons (Fsp3) is 0.190. The highest BCUT2D eigenvalue weighted by atomic mass is 35.5. The second-order valence-corrected chi connectivity index (χ2v) is 6.45. The molecule has 0 aliphatic rings. The van der Waals surface area contributed by atoms with E-state index in [4.69, 9.17) is 30.5 Å². The Morgan fingerprint density at radius 1 is 1.00 bits per heavy atom. The number of esters is 1. The van der Waals surface area contributed by atoms with Gasteiger partial charge >= 0.3 is 5.97 Å². The third-order valence-electron chi connectivity index (χ3n) is 4.18. The Kier molecular flexibility index (Phi) is 6.58. The number of anilines is 1. The number of aromatic nitrogens is 1. The van der Waals surface area contributed by atoms with E-state index in [0.29, 0.717) is 33.1 Å². The molecule has 2 aromatic carbocycles. The van der Waals surface area contributed by atoms with Crippen LogP contribution in [0.1, 0.15) is 10.5 Å². The number of carbonyl (C=O) groups is 2. The average molecular weight is 431 g/mol. The Hall–Kier alpha value is -3.52. The number of benzene rings is 2. The Labute approximate surface area is 177 Å². The van der Waals surface area contributed by atoms with Crippen LogP contribution < -0.4 is 19.5 Å². The van der Waals surface area contributed by atoms with Crippen molar-refractivity contribution in [3.05, 3.63) is 53.2 Å². The number of rotatable bonds is 7. The van der Waals surface area contributed by atoms with Crippen molar-refractivity contribution in [2.75, 3.05) is 33.3 Å². The first kappa shape index (κ1) is 21.2. The maximum absolute atomic E-state index is 12.3. The summed E-state index contributed by atoms with van der Waals surface area (Å²) in [5.74, 6) is 0.0748. The lowest BCUT2D eigenvalue weighted by Crippen LogP contribution is -2.20. The highest BCUT2D eigenvalue weighted by Gasteiger charge is 2.17. The number of methoxy groups -OCH3 is 3. The summed E-state index contributed by atoms with van der Waals surface area (Å²) in [6.45, 7) is -0.320. The molecule has 0 radical (unpaired) electrons. The number of carbonyl (C=O) groups excluding carboxylic acids is 2. The molecule has 3 aromatic rings. The molecule has 1 N–H and O–H groups in total. The normalized spacial score (nSPS) is 10.4. The van der Waals surface area contributed by atoms with E-state index in [-0.39, 0.29) is 18.1 Å². The van der Waals surface area contributed by atoms with E-state index in [1.165, 1.54) is 27.4 Å². The zero-order valence-corrected chi connectivity index (χ0v) is 17.3. The van der Waals surface area contributed by atoms with Gasteiger partial charge in [0.2, 0.25) is 0 Å². The van der Waals surface area contributed by atoms with Crippen LogP contribution in [0.3, 0.4) is 0 Å². The molecule has 3 rings (SSSR count). The lowest BCUT2D eigenvalue weighted by molar-refractivity contribution is -0.118. The summed E-state index contributed by atoms with van der Waals surface area (Å²) >= 11 is 6.06. The number of fused-ring (bicyclic) bond motifs is 1. The van der Waals surface area contributed by atoms with Gasteiger partial charge in [0.25, 0.3) is 5.91 Å². The second-order valence-electron chi connectivity index (χ2n) is 6.04. The van der Waals surface area contributed by atoms with Crippen LogP contribution in [-0.4, -0.2) is 44.8 Å². The van der Waals surface area contributed by atoms with Gasteiger partial charge in [0.05, 0.1) is 37.6 Å². The van der Waals surface area contributed by atoms with Gasteiger partial charge in [-0.25, -0.2) is 9.78 Å². The smallest absolute Gasteiger partial charge is 0.356 e. The minimum atomic E-state index is -0.642. The molecule has 0 unspecified atom stereocenters. The van der Waals surface area contributed by atoms with Crippen LogP contribution in [-0.2, 0) is 9.53 Å². The van der Waals surface area contributed by atoms with E-state index in [0.717, 1.165) is 0 Å². The predicted octanol–water partition coefficient (Wildman–Crippen LogP) is 3.71. The number of hydrogen-bond donors (Lipinski definition) is 1. The lowest BCUT2D eigenvalue weighted by Gasteiger charge is -2.14. The van der Waals surface area contributed by atoms with Gasteiger partial charge < -0.3 is 24.3 Å². The summed E-state index contributed by atoms with van der Waals surface area (Å²) < 4.78 is 21.1. The number of amides is 1. The quantitative estimate of drug-likeness (QED) is 0.571. The van der Waals surface area contributed by atoms with Crippen LogP contribution in [0.15, 0.2) is 42.5 Å². The predicted molar refractivity (Wildman–Crippen MR) is 112 cm³/mol. The summed E-state index contributed by atoms with van der Waals surface area (Å²) in [6.07, 6.45) is 0. The largest absolute Gasteiger partial charge is 0.493 e. The van der Waals surface area contributed by atoms with Crippen LogP contribution in [0.2, 0.25) is 5.02 Å². The Morgan fingerprint density at radius 2 is 1.70 bits per heavy atom. The first-order valence-corrected chi connectivity index (χ1v) is 9.17. The maximum Gasteiger partial charge on any atom is 0.356 e. The minimum absolute atomic E-state index is 0.0266. The number of pyridine rings is 1. The molecule has 0 aliphatic carbocycles. The SMILES string of the molecule is COC(=O)c1cc(OCC(=O)Nc2ccccc2Cl)c2cc(OC)c(OC)cc2n1. The van der Waals surface area contributed by atoms with Crippen molar-refractivity contribution in [1.29, 1.82) is 0 Å². The van der Waals surface area contributed by atoms with Crippen molar-refractivity contribution < 1.29 is 28.5 Å². The highest BCUT2D eigenvalue weighted by Crippen LogP contribution is 2.36. The Bertz CT molecular complexity index is 1100. The van der Waals surface area contributed by atoms with E-state index in [1.54, 1.807) is 36.4 Å². The van der Waals surface area contributed by atoms with E-state index < -0.39 is 11.9 Å². The van der Waals surface area contributed by atoms with E-state index in [1.807, 2.05) is 0 Å². The molecule has 156 valence electrons. The topological polar surface area (TPSA) is 96.0 Å². The van der Waals surface area contributed by atoms with E-state index >= 15 is 0 Å². The van der Waals surface area contributed by atoms with Gasteiger partial charge in [-0.15, -0.1) is 0 Å². The molecule has 30 heavy (non-hydrogen) atoms. The molecule has 0 spiro atoms. The molecule has 0 saturated carbocycles. The van der Waals surface area contributed by atoms with Crippen molar-refractivity contribution in [3.63, 3.8) is 0 Å². The summed E-state index contributed by atoms with van der Waals surface area (Å²) in [4.78, 5) is 28.6. The highest BCUT2D eigenvalue weighted by molar-refractivity contribution is 6.33. The van der Waals surface area contributed by atoms with Crippen LogP contribution in [0.25, 0.3) is 10.9 Å². The number of ether oxygens (including phenoxy) is 4. The zero-order chi connectivity index (χ0) is 21.7. The van der Waals surface area contributed by atoms with Crippen molar-refractivity contribution in [3.8, 4) is 17.2 Å². The Morgan fingerprint density at radius 3 is 2.37 bits per heavy atom. The number of nitrogens with one attached hydrogen (secondary N) is 1. The van der Waals surface area contributed by atoms with Gasteiger partial charge in [0.1, 0.15) is 5.75 Å². The van der Waals surface area contributed by atoms with E-state index in [2.05, 4.69) is 10.3 Å². The maximum atomic E-state index is 12.3. The molecule has 9 heteroatoms. The lowest BCUT2D eigenvalue weighted by atomic mass is 10.1. The van der Waals surface area contributed by atoms with Crippen LogP contribution in [0.4, 0.5) is 5.69 Å². The van der Waals surface area contributed by atoms with Crippen molar-refractivity contribution in [2.24, 2.45) is 0 Å². The fourth-order valence-electron chi connectivity index (χ4n) is 2.74. The third kappa shape index (κ3) is 4.55. The van der Waals surface area contributed by atoms with Crippen molar-refractivity contribution in [1.82, 2.24) is 4.98 Å². The van der Waals surface area contributed by atoms with Crippen molar-refractivity contribution in [2.45, 2.75) is 0 Å². The second kappa shape index (κ2) is 9.32. The molecule has 0 saturated heterocycles. The summed E-state index contributed by atoms with van der Waals surface area (Å²) in [7, 11) is 4.24. The molecule has 1 amide bonds. The van der Waals surface area contributed by atoms with Crippen LogP contribution >= 0.6 is 11.6 Å². The van der Waals surface area contributed by atoms with Gasteiger partial charge in [0, 0.05) is 17.5 Å². The van der Waals surface area contributed by atoms with Gasteiger partial charge in [-0.05, 0) is 18.2 Å². The molecular formula is C21H19ClN2O6. The number of nitrogens with zero attached hydrogens (tertiary/aromatic N) is 1. The molecule has 1 aromatic heterocycles. The molecule has 0 atom stereocenters. The van der Waals surface area contributed by atoms with Crippen LogP contribution in [0, 0.1) is 0 Å². The van der Waals surface area contributed by atoms with E-state index in [9.17, 15) is 9.59 Å². The molecule has 0 fully saturated rings. The number of hydrogen-bond acceptors (Lipinski definition) is 7. The first-order valence-electron chi connectivity index (χ1n) is 8.79. The van der Waals surface area contributed by atoms with Gasteiger partial charge in [-0.2, -0.15) is 0 Å². The summed E-state index contributed by atoms with van der Waals surface area (Å²) in [5, 5.41) is 3.61. The van der Waals surface area contributed by atoms with Gasteiger partial charge in [-0.1, -0.05) is 23.7 Å². The van der Waals surface area contributed by atoms with Gasteiger partial charge in [-0.3, -0.25) is 4.79 Å². The fourth-order valence-corrected chi connectivity index (χ4v) is 2.93. The standard InChI is InChI=1S/C21H19ClN2O6/c1-27-18-8-12-15(9-19(18)28-2)23-16(21(26)29-3)10-17(12)30-11-20(25)24-14-7-5-4-6-13(14)22/h4-10H,11H2,1-3H3,(H,24,25).